The molecule has 1 saturated heterocycles. The number of benzene rings is 1. The number of H-pyrrole nitrogens is 1. The van der Waals surface area contributed by atoms with Crippen molar-refractivity contribution in [3.05, 3.63) is 51.4 Å². The van der Waals surface area contributed by atoms with Gasteiger partial charge in [-0.2, -0.15) is 0 Å². The summed E-state index contributed by atoms with van der Waals surface area (Å²) < 4.78 is 0. The molecule has 0 radical (unpaired) electrons. The van der Waals surface area contributed by atoms with Gasteiger partial charge >= 0.3 is 0 Å². The van der Waals surface area contributed by atoms with Gasteiger partial charge in [0.15, 0.2) is 0 Å². The Labute approximate surface area is 134 Å². The van der Waals surface area contributed by atoms with E-state index in [4.69, 9.17) is 11.6 Å². The number of hydrogen-bond donors (Lipinski definition) is 1. The largest absolute Gasteiger partial charge is 0.368 e. The maximum Gasteiger partial charge on any atom is 0.252 e. The number of anilines is 2. The van der Waals surface area contributed by atoms with Crippen molar-refractivity contribution in [2.24, 2.45) is 0 Å². The minimum Gasteiger partial charge on any atom is -0.368 e. The van der Waals surface area contributed by atoms with Gasteiger partial charge in [0.1, 0.15) is 0 Å². The molecule has 1 fully saturated rings. The molecule has 0 bridgehead atoms. The van der Waals surface area contributed by atoms with Gasteiger partial charge in [0.05, 0.1) is 0 Å². The van der Waals surface area contributed by atoms with Crippen molar-refractivity contribution in [3.63, 3.8) is 0 Å². The van der Waals surface area contributed by atoms with Crippen LogP contribution < -0.4 is 15.4 Å². The van der Waals surface area contributed by atoms with Gasteiger partial charge in [-0.15, -0.1) is 0 Å². The summed E-state index contributed by atoms with van der Waals surface area (Å²) >= 11 is 6.05. The summed E-state index contributed by atoms with van der Waals surface area (Å²) in [5, 5.41) is 0.751. The fraction of sp³-hybridized carbons (Fsp3) is 0.375. The van der Waals surface area contributed by atoms with Crippen LogP contribution in [0.2, 0.25) is 5.02 Å². The molecule has 3 rings (SSSR count). The lowest BCUT2D eigenvalue weighted by Crippen LogP contribution is -2.47. The highest BCUT2D eigenvalue weighted by Gasteiger charge is 2.19. The van der Waals surface area contributed by atoms with Crippen LogP contribution in [0.25, 0.3) is 0 Å². The van der Waals surface area contributed by atoms with Crippen LogP contribution in [-0.2, 0) is 6.42 Å². The first-order valence-electron chi connectivity index (χ1n) is 7.51. The van der Waals surface area contributed by atoms with Crippen molar-refractivity contribution in [2.45, 2.75) is 13.3 Å². The minimum absolute atomic E-state index is 0.0841. The van der Waals surface area contributed by atoms with E-state index in [0.717, 1.165) is 49.0 Å². The number of halogens is 1. The fourth-order valence-electron chi connectivity index (χ4n) is 2.67. The first-order valence-corrected chi connectivity index (χ1v) is 7.89. The van der Waals surface area contributed by atoms with E-state index in [-0.39, 0.29) is 5.56 Å². The highest BCUT2D eigenvalue weighted by atomic mass is 35.5. The number of aryl methyl sites for hydroxylation is 1. The Bertz CT molecular complexity index is 707. The third kappa shape index (κ3) is 3.25. The highest BCUT2D eigenvalue weighted by Crippen LogP contribution is 2.21. The third-order valence-electron chi connectivity index (χ3n) is 3.90. The van der Waals surface area contributed by atoms with Gasteiger partial charge < -0.3 is 9.80 Å². The molecule has 1 aromatic carbocycles. The zero-order valence-electron chi connectivity index (χ0n) is 12.6. The topological polar surface area (TPSA) is 52.2 Å². The summed E-state index contributed by atoms with van der Waals surface area (Å²) in [5.41, 5.74) is 1.88. The molecule has 1 aliphatic rings. The Morgan fingerprint density at radius 1 is 1.18 bits per heavy atom. The highest BCUT2D eigenvalue weighted by molar-refractivity contribution is 6.30. The van der Waals surface area contributed by atoms with Gasteiger partial charge in [-0.1, -0.05) is 24.6 Å². The van der Waals surface area contributed by atoms with Crippen LogP contribution in [0, 0.1) is 0 Å². The molecular formula is C16H19ClN4O. The summed E-state index contributed by atoms with van der Waals surface area (Å²) in [7, 11) is 0. The maximum absolute atomic E-state index is 11.7. The molecule has 1 N–H and O–H groups in total. The Kier molecular flexibility index (Phi) is 4.34. The molecule has 5 nitrogen and oxygen atoms in total. The first kappa shape index (κ1) is 14.9. The summed E-state index contributed by atoms with van der Waals surface area (Å²) in [4.78, 5) is 23.5. The minimum atomic E-state index is -0.0841. The molecule has 22 heavy (non-hydrogen) atoms. The summed E-state index contributed by atoms with van der Waals surface area (Å²) in [6.07, 6.45) is 0.763. The number of piperazine rings is 1. The van der Waals surface area contributed by atoms with E-state index in [2.05, 4.69) is 25.8 Å². The van der Waals surface area contributed by atoms with Gasteiger partial charge in [-0.05, 0) is 24.6 Å². The monoisotopic (exact) mass is 318 g/mol. The van der Waals surface area contributed by atoms with E-state index in [0.29, 0.717) is 5.95 Å². The lowest BCUT2D eigenvalue weighted by Gasteiger charge is -2.36. The van der Waals surface area contributed by atoms with Gasteiger partial charge in [0, 0.05) is 48.6 Å². The second-order valence-corrected chi connectivity index (χ2v) is 5.80. The molecule has 2 aromatic rings. The molecule has 0 atom stereocenters. The molecule has 0 saturated carbocycles. The number of rotatable bonds is 3. The van der Waals surface area contributed by atoms with Crippen LogP contribution in [0.1, 0.15) is 12.6 Å². The Morgan fingerprint density at radius 3 is 2.59 bits per heavy atom. The number of hydrogen-bond acceptors (Lipinski definition) is 4. The number of aromatic amines is 1. The fourth-order valence-corrected chi connectivity index (χ4v) is 2.86. The van der Waals surface area contributed by atoms with Crippen molar-refractivity contribution in [1.29, 1.82) is 0 Å². The van der Waals surface area contributed by atoms with Crippen LogP contribution in [0.5, 0.6) is 0 Å². The van der Waals surface area contributed by atoms with Gasteiger partial charge in [0.25, 0.3) is 5.56 Å². The van der Waals surface area contributed by atoms with Crippen LogP contribution in [0.4, 0.5) is 11.6 Å². The smallest absolute Gasteiger partial charge is 0.252 e. The van der Waals surface area contributed by atoms with Gasteiger partial charge in [0.2, 0.25) is 5.95 Å². The van der Waals surface area contributed by atoms with Crippen molar-refractivity contribution >= 4 is 23.2 Å². The van der Waals surface area contributed by atoms with E-state index in [9.17, 15) is 4.79 Å². The normalized spacial score (nSPS) is 15.2. The molecule has 0 spiro atoms. The predicted molar refractivity (Wildman–Crippen MR) is 90.1 cm³/mol. The lowest BCUT2D eigenvalue weighted by molar-refractivity contribution is 0.637. The van der Waals surface area contributed by atoms with E-state index in [1.165, 1.54) is 0 Å². The van der Waals surface area contributed by atoms with E-state index in [1.54, 1.807) is 6.07 Å². The number of nitrogens with one attached hydrogen (secondary N) is 1. The van der Waals surface area contributed by atoms with E-state index < -0.39 is 0 Å². The van der Waals surface area contributed by atoms with Crippen LogP contribution in [-0.4, -0.2) is 36.1 Å². The molecule has 1 aliphatic heterocycles. The SMILES string of the molecule is CCc1cc(=O)[nH]c(N2CCN(c3cccc(Cl)c3)CC2)n1. The van der Waals surface area contributed by atoms with Crippen LogP contribution >= 0.6 is 11.6 Å². The number of nitrogens with zero attached hydrogens (tertiary/aromatic N) is 3. The Balaban J connectivity index is 1.72. The second kappa shape index (κ2) is 6.40. The average molecular weight is 319 g/mol. The van der Waals surface area contributed by atoms with Gasteiger partial charge in [-0.25, -0.2) is 4.98 Å². The standard InChI is InChI=1S/C16H19ClN4O/c1-2-13-11-15(22)19-16(18-13)21-8-6-20(7-9-21)14-5-3-4-12(17)10-14/h3-5,10-11H,2,6-9H2,1H3,(H,18,19,22). The molecule has 6 heteroatoms. The molecular weight excluding hydrogens is 300 g/mol. The van der Waals surface area contributed by atoms with Crippen molar-refractivity contribution in [3.8, 4) is 0 Å². The molecule has 0 amide bonds. The van der Waals surface area contributed by atoms with Crippen molar-refractivity contribution in [1.82, 2.24) is 9.97 Å². The average Bonchev–Trinajstić information content (AvgIpc) is 2.54. The zero-order valence-corrected chi connectivity index (χ0v) is 13.3. The molecule has 0 aliphatic carbocycles. The third-order valence-corrected chi connectivity index (χ3v) is 4.13. The molecule has 2 heterocycles. The Morgan fingerprint density at radius 2 is 1.91 bits per heavy atom. The van der Waals surface area contributed by atoms with E-state index >= 15 is 0 Å². The van der Waals surface area contributed by atoms with Crippen LogP contribution in [0.15, 0.2) is 35.1 Å². The maximum atomic E-state index is 11.7. The summed E-state index contributed by atoms with van der Waals surface area (Å²) in [6, 6.07) is 9.46. The zero-order chi connectivity index (χ0) is 15.5. The summed E-state index contributed by atoms with van der Waals surface area (Å²) in [5.74, 6) is 0.676. The Hall–Kier alpha value is -2.01. The summed E-state index contributed by atoms with van der Waals surface area (Å²) in [6.45, 7) is 5.40. The van der Waals surface area contributed by atoms with Crippen molar-refractivity contribution in [2.75, 3.05) is 36.0 Å². The first-order chi connectivity index (χ1) is 10.7. The predicted octanol–water partition coefficient (Wildman–Crippen LogP) is 2.31. The number of aromatic nitrogens is 2. The quantitative estimate of drug-likeness (QED) is 0.943. The lowest BCUT2D eigenvalue weighted by atomic mass is 10.2. The molecule has 1 aromatic heterocycles. The van der Waals surface area contributed by atoms with Gasteiger partial charge in [-0.3, -0.25) is 9.78 Å². The van der Waals surface area contributed by atoms with Crippen molar-refractivity contribution < 1.29 is 0 Å². The van der Waals surface area contributed by atoms with Crippen LogP contribution in [0.3, 0.4) is 0 Å². The second-order valence-electron chi connectivity index (χ2n) is 5.37. The molecule has 116 valence electrons. The molecule has 0 unspecified atom stereocenters. The van der Waals surface area contributed by atoms with E-state index in [1.807, 2.05) is 25.1 Å².